The Morgan fingerprint density at radius 1 is 1.30 bits per heavy atom. The highest BCUT2D eigenvalue weighted by Crippen LogP contribution is 2.30. The fraction of sp³-hybridized carbons (Fsp3) is 0.267. The fourth-order valence-corrected chi connectivity index (χ4v) is 4.43. The number of hydrogen-bond acceptors (Lipinski definition) is 4. The van der Waals surface area contributed by atoms with E-state index in [1.165, 1.54) is 4.31 Å². The monoisotopic (exact) mass is 355 g/mol. The molecule has 1 aliphatic rings. The summed E-state index contributed by atoms with van der Waals surface area (Å²) in [6.07, 6.45) is 2.14. The van der Waals surface area contributed by atoms with Crippen LogP contribution in [0.25, 0.3) is 0 Å². The number of nitrogens with zero attached hydrogens (tertiary/aromatic N) is 2. The Kier molecular flexibility index (Phi) is 4.63. The average molecular weight is 356 g/mol. The molecule has 1 saturated heterocycles. The minimum atomic E-state index is -3.85. The van der Waals surface area contributed by atoms with Crippen LogP contribution in [0.5, 0.6) is 0 Å². The zero-order chi connectivity index (χ0) is 16.4. The fourth-order valence-electron chi connectivity index (χ4n) is 2.64. The number of aromatic nitrogens is 1. The van der Waals surface area contributed by atoms with E-state index in [9.17, 15) is 12.8 Å². The van der Waals surface area contributed by atoms with Crippen molar-refractivity contribution in [2.75, 3.05) is 19.6 Å². The van der Waals surface area contributed by atoms with Crippen molar-refractivity contribution >= 4 is 21.6 Å². The van der Waals surface area contributed by atoms with Crippen molar-refractivity contribution in [1.29, 1.82) is 0 Å². The summed E-state index contributed by atoms with van der Waals surface area (Å²) in [5.74, 6) is -0.680. The molecule has 0 saturated carbocycles. The van der Waals surface area contributed by atoms with Crippen molar-refractivity contribution in [3.63, 3.8) is 0 Å². The summed E-state index contributed by atoms with van der Waals surface area (Å²) in [6.45, 7) is 1.28. The van der Waals surface area contributed by atoms with E-state index in [0.717, 1.165) is 24.0 Å². The molecule has 2 aromatic rings. The van der Waals surface area contributed by atoms with E-state index in [1.807, 2.05) is 6.07 Å². The number of pyridine rings is 1. The predicted molar refractivity (Wildman–Crippen MR) is 85.1 cm³/mol. The standard InChI is InChI=1S/C15H15ClFN3O2S/c16-12-3-1-2-11(6-12)15-10-18-4-5-20(15)23(21,22)14-7-13(17)8-19-9-14/h1-3,6-9,15,18H,4-5,10H2. The van der Waals surface area contributed by atoms with Gasteiger partial charge in [-0.25, -0.2) is 12.8 Å². The Morgan fingerprint density at radius 2 is 2.13 bits per heavy atom. The number of halogens is 2. The van der Waals surface area contributed by atoms with Crippen LogP contribution in [0.1, 0.15) is 11.6 Å². The van der Waals surface area contributed by atoms with E-state index in [-0.39, 0.29) is 11.4 Å². The van der Waals surface area contributed by atoms with Crippen molar-refractivity contribution in [2.24, 2.45) is 0 Å². The molecule has 1 unspecified atom stereocenters. The molecule has 0 spiro atoms. The third-order valence-electron chi connectivity index (χ3n) is 3.71. The summed E-state index contributed by atoms with van der Waals surface area (Å²) in [7, 11) is -3.85. The van der Waals surface area contributed by atoms with Gasteiger partial charge in [-0.15, -0.1) is 0 Å². The molecule has 2 heterocycles. The van der Waals surface area contributed by atoms with Crippen molar-refractivity contribution < 1.29 is 12.8 Å². The van der Waals surface area contributed by atoms with Crippen LogP contribution >= 0.6 is 11.6 Å². The van der Waals surface area contributed by atoms with Gasteiger partial charge in [-0.2, -0.15) is 4.31 Å². The maximum Gasteiger partial charge on any atom is 0.245 e. The molecule has 1 aromatic carbocycles. The number of benzene rings is 1. The van der Waals surface area contributed by atoms with Crippen molar-refractivity contribution in [2.45, 2.75) is 10.9 Å². The van der Waals surface area contributed by atoms with Gasteiger partial charge in [0.05, 0.1) is 12.2 Å². The molecule has 3 rings (SSSR count). The van der Waals surface area contributed by atoms with Gasteiger partial charge in [0.2, 0.25) is 10.0 Å². The smallest absolute Gasteiger partial charge is 0.245 e. The number of piperazine rings is 1. The van der Waals surface area contributed by atoms with Gasteiger partial charge in [0.15, 0.2) is 0 Å². The summed E-state index contributed by atoms with van der Waals surface area (Å²) >= 11 is 6.02. The van der Waals surface area contributed by atoms with Crippen LogP contribution < -0.4 is 5.32 Å². The summed E-state index contributed by atoms with van der Waals surface area (Å²) in [6, 6.07) is 7.66. The Labute approximate surface area is 139 Å². The van der Waals surface area contributed by atoms with E-state index in [2.05, 4.69) is 10.3 Å². The quantitative estimate of drug-likeness (QED) is 0.917. The molecule has 1 fully saturated rings. The third kappa shape index (κ3) is 3.37. The summed E-state index contributed by atoms with van der Waals surface area (Å²) in [5, 5.41) is 3.72. The van der Waals surface area contributed by atoms with Crippen LogP contribution in [0.2, 0.25) is 5.02 Å². The average Bonchev–Trinajstić information content (AvgIpc) is 2.55. The molecule has 0 amide bonds. The number of rotatable bonds is 3. The van der Waals surface area contributed by atoms with E-state index in [4.69, 9.17) is 11.6 Å². The summed E-state index contributed by atoms with van der Waals surface area (Å²) in [4.78, 5) is 3.49. The predicted octanol–water partition coefficient (Wildman–Crippen LogP) is 2.21. The minimum absolute atomic E-state index is 0.147. The van der Waals surface area contributed by atoms with Gasteiger partial charge in [-0.05, 0) is 23.8 Å². The van der Waals surface area contributed by atoms with Gasteiger partial charge in [0.25, 0.3) is 0 Å². The van der Waals surface area contributed by atoms with Gasteiger partial charge in [-0.1, -0.05) is 23.7 Å². The second kappa shape index (κ2) is 6.52. The molecule has 1 aliphatic heterocycles. The van der Waals surface area contributed by atoms with Crippen LogP contribution in [-0.2, 0) is 10.0 Å². The van der Waals surface area contributed by atoms with Crippen LogP contribution in [0.15, 0.2) is 47.6 Å². The van der Waals surface area contributed by atoms with Crippen LogP contribution in [0, 0.1) is 5.82 Å². The van der Waals surface area contributed by atoms with E-state index in [0.29, 0.717) is 18.1 Å². The maximum atomic E-state index is 13.4. The lowest BCUT2D eigenvalue weighted by molar-refractivity contribution is 0.271. The molecule has 23 heavy (non-hydrogen) atoms. The molecule has 0 radical (unpaired) electrons. The summed E-state index contributed by atoms with van der Waals surface area (Å²) < 4.78 is 40.5. The molecular formula is C15H15ClFN3O2S. The second-order valence-electron chi connectivity index (χ2n) is 5.23. The Bertz CT molecular complexity index is 816. The lowest BCUT2D eigenvalue weighted by atomic mass is 10.1. The van der Waals surface area contributed by atoms with Crippen molar-refractivity contribution in [3.8, 4) is 0 Å². The topological polar surface area (TPSA) is 62.3 Å². The molecule has 1 aromatic heterocycles. The van der Waals surface area contributed by atoms with E-state index < -0.39 is 21.9 Å². The SMILES string of the molecule is O=S(=O)(c1cncc(F)c1)N1CCNCC1c1cccc(Cl)c1. The van der Waals surface area contributed by atoms with Gasteiger partial charge in [-0.3, -0.25) is 4.98 Å². The maximum absolute atomic E-state index is 13.4. The first-order valence-electron chi connectivity index (χ1n) is 7.07. The molecule has 1 atom stereocenters. The molecule has 8 heteroatoms. The van der Waals surface area contributed by atoms with Crippen molar-refractivity contribution in [1.82, 2.24) is 14.6 Å². The van der Waals surface area contributed by atoms with Crippen molar-refractivity contribution in [3.05, 3.63) is 59.1 Å². The van der Waals surface area contributed by atoms with Crippen LogP contribution in [0.4, 0.5) is 4.39 Å². The first-order valence-corrected chi connectivity index (χ1v) is 8.89. The Morgan fingerprint density at radius 3 is 2.87 bits per heavy atom. The zero-order valence-corrected chi connectivity index (χ0v) is 13.7. The lowest BCUT2D eigenvalue weighted by Crippen LogP contribution is -2.48. The highest BCUT2D eigenvalue weighted by molar-refractivity contribution is 7.89. The normalized spacial score (nSPS) is 19.7. The largest absolute Gasteiger partial charge is 0.313 e. The zero-order valence-electron chi connectivity index (χ0n) is 12.1. The highest BCUT2D eigenvalue weighted by Gasteiger charge is 2.34. The van der Waals surface area contributed by atoms with E-state index >= 15 is 0 Å². The van der Waals surface area contributed by atoms with Crippen LogP contribution in [-0.4, -0.2) is 37.3 Å². The number of hydrogen-bond donors (Lipinski definition) is 1. The second-order valence-corrected chi connectivity index (χ2v) is 7.56. The van der Waals surface area contributed by atoms with Gasteiger partial charge >= 0.3 is 0 Å². The third-order valence-corrected chi connectivity index (χ3v) is 5.82. The first-order chi connectivity index (χ1) is 11.0. The molecule has 5 nitrogen and oxygen atoms in total. The molecule has 0 bridgehead atoms. The summed E-state index contributed by atoms with van der Waals surface area (Å²) in [5.41, 5.74) is 0.789. The molecule has 122 valence electrons. The van der Waals surface area contributed by atoms with E-state index in [1.54, 1.807) is 18.2 Å². The first kappa shape index (κ1) is 16.3. The Hall–Kier alpha value is -1.54. The molecular weight excluding hydrogens is 341 g/mol. The van der Waals surface area contributed by atoms with Gasteiger partial charge in [0, 0.05) is 30.9 Å². The number of sulfonamides is 1. The van der Waals surface area contributed by atoms with Gasteiger partial charge < -0.3 is 5.32 Å². The minimum Gasteiger partial charge on any atom is -0.313 e. The lowest BCUT2D eigenvalue weighted by Gasteiger charge is -2.35. The molecule has 0 aliphatic carbocycles. The Balaban J connectivity index is 2.01. The van der Waals surface area contributed by atoms with Crippen LogP contribution in [0.3, 0.4) is 0 Å². The number of nitrogens with one attached hydrogen (secondary N) is 1. The molecule has 1 N–H and O–H groups in total. The van der Waals surface area contributed by atoms with Gasteiger partial charge in [0.1, 0.15) is 10.7 Å². The highest BCUT2D eigenvalue weighted by atomic mass is 35.5.